The molecule has 0 fully saturated rings. The highest BCUT2D eigenvalue weighted by Gasteiger charge is 2.14. The van der Waals surface area contributed by atoms with Crippen molar-refractivity contribution in [2.75, 3.05) is 11.9 Å². The maximum Gasteiger partial charge on any atom is 0.338 e. The molecule has 144 valence electrons. The molecular weight excluding hydrogens is 354 g/mol. The minimum atomic E-state index is -0.523. The number of amides is 1. The standard InChI is InChI=1S/C22H23N3O3/c1-14-5-7-19(8-6-14)25-20(12-17(4)24-25)23-21(26)13-28-22(27)18-10-15(2)9-16(3)11-18/h5-12H,13H2,1-4H3,(H,23,26). The number of carbonyl (C=O) groups is 2. The summed E-state index contributed by atoms with van der Waals surface area (Å²) in [5, 5.41) is 7.18. The number of carbonyl (C=O) groups excluding carboxylic acids is 2. The van der Waals surface area contributed by atoms with Crippen LogP contribution in [0.1, 0.15) is 32.7 Å². The maximum atomic E-state index is 12.3. The number of benzene rings is 2. The first-order valence-corrected chi connectivity index (χ1v) is 9.01. The predicted molar refractivity (Wildman–Crippen MR) is 108 cm³/mol. The Balaban J connectivity index is 1.67. The SMILES string of the molecule is Cc1ccc(-n2nc(C)cc2NC(=O)COC(=O)c2cc(C)cc(C)c2)cc1. The Hall–Kier alpha value is -3.41. The van der Waals surface area contributed by atoms with Gasteiger partial charge in [-0.25, -0.2) is 9.48 Å². The van der Waals surface area contributed by atoms with Crippen LogP contribution in [0.4, 0.5) is 5.82 Å². The molecule has 1 heterocycles. The molecule has 0 bridgehead atoms. The van der Waals surface area contributed by atoms with Gasteiger partial charge in [0.05, 0.1) is 16.9 Å². The van der Waals surface area contributed by atoms with E-state index < -0.39 is 11.9 Å². The number of aromatic nitrogens is 2. The highest BCUT2D eigenvalue weighted by Crippen LogP contribution is 2.18. The lowest BCUT2D eigenvalue weighted by atomic mass is 10.1. The van der Waals surface area contributed by atoms with Gasteiger partial charge in [-0.2, -0.15) is 5.10 Å². The van der Waals surface area contributed by atoms with Crippen molar-refractivity contribution in [1.29, 1.82) is 0 Å². The summed E-state index contributed by atoms with van der Waals surface area (Å²) in [7, 11) is 0. The average molecular weight is 377 g/mol. The van der Waals surface area contributed by atoms with Gasteiger partial charge < -0.3 is 10.1 Å². The quantitative estimate of drug-likeness (QED) is 0.685. The molecular formula is C22H23N3O3. The first-order chi connectivity index (χ1) is 13.3. The van der Waals surface area contributed by atoms with Crippen LogP contribution in [0, 0.1) is 27.7 Å². The summed E-state index contributed by atoms with van der Waals surface area (Å²) in [4.78, 5) is 24.5. The Morgan fingerprint density at radius 2 is 1.57 bits per heavy atom. The minimum Gasteiger partial charge on any atom is -0.452 e. The number of esters is 1. The monoisotopic (exact) mass is 377 g/mol. The van der Waals surface area contributed by atoms with Crippen LogP contribution >= 0.6 is 0 Å². The zero-order chi connectivity index (χ0) is 20.3. The third-order valence-corrected chi connectivity index (χ3v) is 4.17. The Morgan fingerprint density at radius 3 is 2.21 bits per heavy atom. The fourth-order valence-electron chi connectivity index (χ4n) is 2.96. The van der Waals surface area contributed by atoms with Crippen molar-refractivity contribution in [3.05, 3.63) is 76.5 Å². The van der Waals surface area contributed by atoms with Gasteiger partial charge in [0.2, 0.25) is 0 Å². The molecule has 0 aliphatic heterocycles. The van der Waals surface area contributed by atoms with Crippen LogP contribution in [0.15, 0.2) is 48.5 Å². The molecule has 0 aliphatic rings. The molecule has 0 saturated carbocycles. The first-order valence-electron chi connectivity index (χ1n) is 9.01. The number of hydrogen-bond donors (Lipinski definition) is 1. The van der Waals surface area contributed by atoms with Gasteiger partial charge in [0.15, 0.2) is 6.61 Å². The minimum absolute atomic E-state index is 0.371. The molecule has 28 heavy (non-hydrogen) atoms. The Kier molecular flexibility index (Phi) is 5.59. The molecule has 3 rings (SSSR count). The summed E-state index contributed by atoms with van der Waals surface area (Å²) in [5.74, 6) is -0.426. The van der Waals surface area contributed by atoms with Crippen LogP contribution in [0.25, 0.3) is 5.69 Å². The highest BCUT2D eigenvalue weighted by atomic mass is 16.5. The number of nitrogens with one attached hydrogen (secondary N) is 1. The topological polar surface area (TPSA) is 73.2 Å². The summed E-state index contributed by atoms with van der Waals surface area (Å²) >= 11 is 0. The van der Waals surface area contributed by atoms with Gasteiger partial charge in [-0.1, -0.05) is 34.9 Å². The van der Waals surface area contributed by atoms with Gasteiger partial charge in [0, 0.05) is 6.07 Å². The summed E-state index contributed by atoms with van der Waals surface area (Å²) in [6.07, 6.45) is 0. The zero-order valence-corrected chi connectivity index (χ0v) is 16.4. The Labute approximate surface area is 164 Å². The third kappa shape index (κ3) is 4.65. The molecule has 0 atom stereocenters. The van der Waals surface area contributed by atoms with E-state index in [0.717, 1.165) is 28.1 Å². The second-order valence-electron chi connectivity index (χ2n) is 6.92. The summed E-state index contributed by atoms with van der Waals surface area (Å²) in [6, 6.07) is 15.0. The molecule has 1 amide bonds. The van der Waals surface area contributed by atoms with Crippen LogP contribution < -0.4 is 5.32 Å². The summed E-state index contributed by atoms with van der Waals surface area (Å²) in [5.41, 5.74) is 5.11. The first kappa shape index (κ1) is 19.4. The van der Waals surface area contributed by atoms with E-state index in [1.54, 1.807) is 22.9 Å². The molecule has 0 saturated heterocycles. The van der Waals surface area contributed by atoms with E-state index in [1.165, 1.54) is 0 Å². The fourth-order valence-corrected chi connectivity index (χ4v) is 2.96. The average Bonchev–Trinajstić information content (AvgIpc) is 2.99. The smallest absolute Gasteiger partial charge is 0.338 e. The van der Waals surface area contributed by atoms with E-state index in [2.05, 4.69) is 10.4 Å². The van der Waals surface area contributed by atoms with Gasteiger partial charge in [0.1, 0.15) is 5.82 Å². The molecule has 6 nitrogen and oxygen atoms in total. The number of ether oxygens (including phenoxy) is 1. The van der Waals surface area contributed by atoms with Crippen molar-refractivity contribution in [3.8, 4) is 5.69 Å². The molecule has 0 radical (unpaired) electrons. The van der Waals surface area contributed by atoms with Crippen molar-refractivity contribution in [1.82, 2.24) is 9.78 Å². The molecule has 0 spiro atoms. The van der Waals surface area contributed by atoms with E-state index >= 15 is 0 Å². The molecule has 1 N–H and O–H groups in total. The lowest BCUT2D eigenvalue weighted by Gasteiger charge is -2.10. The van der Waals surface area contributed by atoms with Gasteiger partial charge in [0.25, 0.3) is 5.91 Å². The zero-order valence-electron chi connectivity index (χ0n) is 16.4. The molecule has 1 aromatic heterocycles. The van der Waals surface area contributed by atoms with E-state index in [4.69, 9.17) is 4.74 Å². The second-order valence-corrected chi connectivity index (χ2v) is 6.92. The number of aryl methyl sites for hydroxylation is 4. The molecule has 6 heteroatoms. The number of nitrogens with zero attached hydrogens (tertiary/aromatic N) is 2. The van der Waals surface area contributed by atoms with Crippen molar-refractivity contribution >= 4 is 17.7 Å². The van der Waals surface area contributed by atoms with Gasteiger partial charge in [-0.05, 0) is 52.0 Å². The van der Waals surface area contributed by atoms with Crippen molar-refractivity contribution < 1.29 is 14.3 Å². The summed E-state index contributed by atoms with van der Waals surface area (Å²) < 4.78 is 6.81. The lowest BCUT2D eigenvalue weighted by molar-refractivity contribution is -0.119. The summed E-state index contributed by atoms with van der Waals surface area (Å²) in [6.45, 7) is 7.30. The van der Waals surface area contributed by atoms with E-state index in [0.29, 0.717) is 11.4 Å². The van der Waals surface area contributed by atoms with Crippen LogP contribution in [0.3, 0.4) is 0 Å². The molecule has 2 aromatic carbocycles. The van der Waals surface area contributed by atoms with Crippen LogP contribution in [0.5, 0.6) is 0 Å². The largest absolute Gasteiger partial charge is 0.452 e. The predicted octanol–water partition coefficient (Wildman–Crippen LogP) is 3.90. The van der Waals surface area contributed by atoms with Crippen molar-refractivity contribution in [2.45, 2.75) is 27.7 Å². The van der Waals surface area contributed by atoms with Crippen LogP contribution in [-0.4, -0.2) is 28.3 Å². The normalized spacial score (nSPS) is 10.6. The Bertz CT molecular complexity index is 1000. The fraction of sp³-hybridized carbons (Fsp3) is 0.227. The van der Waals surface area contributed by atoms with Gasteiger partial charge >= 0.3 is 5.97 Å². The molecule has 0 unspecified atom stereocenters. The van der Waals surface area contributed by atoms with E-state index in [1.807, 2.05) is 58.0 Å². The second kappa shape index (κ2) is 8.08. The van der Waals surface area contributed by atoms with Crippen LogP contribution in [-0.2, 0) is 9.53 Å². The van der Waals surface area contributed by atoms with Gasteiger partial charge in [-0.3, -0.25) is 4.79 Å². The van der Waals surface area contributed by atoms with Gasteiger partial charge in [-0.15, -0.1) is 0 Å². The number of rotatable bonds is 5. The highest BCUT2D eigenvalue weighted by molar-refractivity contribution is 5.95. The maximum absolute atomic E-state index is 12.3. The van der Waals surface area contributed by atoms with Crippen LogP contribution in [0.2, 0.25) is 0 Å². The number of hydrogen-bond acceptors (Lipinski definition) is 4. The van der Waals surface area contributed by atoms with E-state index in [-0.39, 0.29) is 6.61 Å². The molecule has 0 aliphatic carbocycles. The Morgan fingerprint density at radius 1 is 0.929 bits per heavy atom. The third-order valence-electron chi connectivity index (χ3n) is 4.17. The van der Waals surface area contributed by atoms with E-state index in [9.17, 15) is 9.59 Å². The van der Waals surface area contributed by atoms with Crippen molar-refractivity contribution in [2.24, 2.45) is 0 Å². The molecule has 3 aromatic rings. The lowest BCUT2D eigenvalue weighted by Crippen LogP contribution is -2.22. The number of anilines is 1. The van der Waals surface area contributed by atoms with Crippen molar-refractivity contribution in [3.63, 3.8) is 0 Å².